The van der Waals surface area contributed by atoms with Gasteiger partial charge in [0.25, 0.3) is 5.56 Å². The van der Waals surface area contributed by atoms with E-state index in [2.05, 4.69) is 16.8 Å². The van der Waals surface area contributed by atoms with Gasteiger partial charge in [0.05, 0.1) is 5.69 Å². The second-order valence-corrected chi connectivity index (χ2v) is 5.47. The Hall–Kier alpha value is -1.29. The second kappa shape index (κ2) is 6.75. The van der Waals surface area contributed by atoms with Gasteiger partial charge in [-0.1, -0.05) is 19.8 Å². The zero-order valence-corrected chi connectivity index (χ0v) is 11.9. The van der Waals surface area contributed by atoms with Crippen molar-refractivity contribution in [1.29, 1.82) is 0 Å². The SMILES string of the molecule is CCCCc1c(CN2CCCCC2)c(N)c[nH]c1=O. The number of piperidine rings is 1. The lowest BCUT2D eigenvalue weighted by molar-refractivity contribution is 0.220. The first kappa shape index (κ1) is 14.1. The number of nitrogens with zero attached hydrogens (tertiary/aromatic N) is 1. The third-order valence-corrected chi connectivity index (χ3v) is 3.96. The van der Waals surface area contributed by atoms with Crippen molar-refractivity contribution in [1.82, 2.24) is 9.88 Å². The molecule has 4 nitrogen and oxygen atoms in total. The Morgan fingerprint density at radius 1 is 1.26 bits per heavy atom. The van der Waals surface area contributed by atoms with Crippen LogP contribution in [0.4, 0.5) is 5.69 Å². The molecule has 4 heteroatoms. The summed E-state index contributed by atoms with van der Waals surface area (Å²) in [5.74, 6) is 0. The standard InChI is InChI=1S/C15H25N3O/c1-2-3-7-12-13(14(16)10-17-15(12)19)11-18-8-5-4-6-9-18/h10H,2-9,11,16H2,1H3,(H,17,19). The summed E-state index contributed by atoms with van der Waals surface area (Å²) in [4.78, 5) is 17.2. The molecule has 19 heavy (non-hydrogen) atoms. The Balaban J connectivity index is 2.20. The van der Waals surface area contributed by atoms with E-state index in [9.17, 15) is 4.79 Å². The number of aromatic amines is 1. The predicted octanol–water partition coefficient (Wildman–Crippen LogP) is 2.29. The molecule has 1 fully saturated rings. The third-order valence-electron chi connectivity index (χ3n) is 3.96. The first-order valence-electron chi connectivity index (χ1n) is 7.43. The first-order valence-corrected chi connectivity index (χ1v) is 7.43. The van der Waals surface area contributed by atoms with Crippen LogP contribution < -0.4 is 11.3 Å². The van der Waals surface area contributed by atoms with Crippen molar-refractivity contribution in [3.8, 4) is 0 Å². The Bertz CT molecular complexity index is 461. The minimum Gasteiger partial charge on any atom is -0.397 e. The summed E-state index contributed by atoms with van der Waals surface area (Å²) in [5.41, 5.74) is 8.80. The van der Waals surface area contributed by atoms with Crippen molar-refractivity contribution in [3.05, 3.63) is 27.7 Å². The van der Waals surface area contributed by atoms with Crippen molar-refractivity contribution in [3.63, 3.8) is 0 Å². The number of unbranched alkanes of at least 4 members (excludes halogenated alkanes) is 1. The number of hydrogen-bond acceptors (Lipinski definition) is 3. The molecule has 106 valence electrons. The van der Waals surface area contributed by atoms with Gasteiger partial charge in [-0.05, 0) is 44.3 Å². The van der Waals surface area contributed by atoms with E-state index in [1.165, 1.54) is 19.3 Å². The van der Waals surface area contributed by atoms with E-state index >= 15 is 0 Å². The predicted molar refractivity (Wildman–Crippen MR) is 79.2 cm³/mol. The molecule has 2 rings (SSSR count). The monoisotopic (exact) mass is 263 g/mol. The molecule has 1 saturated heterocycles. The summed E-state index contributed by atoms with van der Waals surface area (Å²) < 4.78 is 0. The van der Waals surface area contributed by atoms with Crippen LogP contribution in [0.5, 0.6) is 0 Å². The molecule has 1 aliphatic rings. The topological polar surface area (TPSA) is 62.1 Å². The van der Waals surface area contributed by atoms with Crippen LogP contribution >= 0.6 is 0 Å². The Labute approximate surface area is 115 Å². The fourth-order valence-corrected chi connectivity index (χ4v) is 2.77. The maximum Gasteiger partial charge on any atom is 0.251 e. The summed E-state index contributed by atoms with van der Waals surface area (Å²) in [5, 5.41) is 0. The maximum absolute atomic E-state index is 12.0. The normalized spacial score (nSPS) is 16.7. The molecule has 0 atom stereocenters. The molecular formula is C15H25N3O. The zero-order chi connectivity index (χ0) is 13.7. The molecule has 0 radical (unpaired) electrons. The van der Waals surface area contributed by atoms with Crippen molar-refractivity contribution in [2.24, 2.45) is 0 Å². The van der Waals surface area contributed by atoms with Crippen molar-refractivity contribution in [2.75, 3.05) is 18.8 Å². The minimum absolute atomic E-state index is 0.0367. The number of nitrogens with one attached hydrogen (secondary N) is 1. The fraction of sp³-hybridized carbons (Fsp3) is 0.667. The highest BCUT2D eigenvalue weighted by molar-refractivity contribution is 5.48. The smallest absolute Gasteiger partial charge is 0.251 e. The van der Waals surface area contributed by atoms with Gasteiger partial charge in [0.1, 0.15) is 0 Å². The van der Waals surface area contributed by atoms with Gasteiger partial charge in [-0.15, -0.1) is 0 Å². The van der Waals surface area contributed by atoms with E-state index in [4.69, 9.17) is 5.73 Å². The van der Waals surface area contributed by atoms with Gasteiger partial charge >= 0.3 is 0 Å². The molecule has 0 spiro atoms. The third kappa shape index (κ3) is 3.60. The molecule has 3 N–H and O–H groups in total. The lowest BCUT2D eigenvalue weighted by Crippen LogP contribution is -2.31. The molecule has 0 amide bonds. The molecule has 2 heterocycles. The van der Waals surface area contributed by atoms with E-state index in [0.29, 0.717) is 0 Å². The summed E-state index contributed by atoms with van der Waals surface area (Å²) >= 11 is 0. The average Bonchev–Trinajstić information content (AvgIpc) is 2.43. The molecule has 1 aromatic rings. The molecule has 0 saturated carbocycles. The number of hydrogen-bond donors (Lipinski definition) is 2. The molecule has 1 aliphatic heterocycles. The van der Waals surface area contributed by atoms with Crippen LogP contribution in [0, 0.1) is 0 Å². The number of pyridine rings is 1. The number of aromatic nitrogens is 1. The number of nitrogen functional groups attached to an aromatic ring is 1. The summed E-state index contributed by atoms with van der Waals surface area (Å²) in [7, 11) is 0. The van der Waals surface area contributed by atoms with Crippen LogP contribution in [-0.4, -0.2) is 23.0 Å². The van der Waals surface area contributed by atoms with Crippen LogP contribution in [0.3, 0.4) is 0 Å². The van der Waals surface area contributed by atoms with E-state index in [1.807, 2.05) is 0 Å². The molecule has 1 aromatic heterocycles. The van der Waals surface area contributed by atoms with Crippen LogP contribution in [0.25, 0.3) is 0 Å². The Morgan fingerprint density at radius 3 is 2.68 bits per heavy atom. The second-order valence-electron chi connectivity index (χ2n) is 5.47. The number of anilines is 1. The van der Waals surface area contributed by atoms with Gasteiger partial charge in [-0.25, -0.2) is 0 Å². The minimum atomic E-state index is 0.0367. The van der Waals surface area contributed by atoms with E-state index in [-0.39, 0.29) is 5.56 Å². The molecule has 0 unspecified atom stereocenters. The van der Waals surface area contributed by atoms with E-state index < -0.39 is 0 Å². The Morgan fingerprint density at radius 2 is 2.00 bits per heavy atom. The highest BCUT2D eigenvalue weighted by Crippen LogP contribution is 2.19. The highest BCUT2D eigenvalue weighted by Gasteiger charge is 2.16. The highest BCUT2D eigenvalue weighted by atomic mass is 16.1. The van der Waals surface area contributed by atoms with Crippen LogP contribution in [-0.2, 0) is 13.0 Å². The lowest BCUT2D eigenvalue weighted by Gasteiger charge is -2.27. The van der Waals surface area contributed by atoms with E-state index in [0.717, 1.165) is 55.7 Å². The molecular weight excluding hydrogens is 238 g/mol. The maximum atomic E-state index is 12.0. The van der Waals surface area contributed by atoms with E-state index in [1.54, 1.807) is 6.20 Å². The van der Waals surface area contributed by atoms with Crippen LogP contribution in [0.2, 0.25) is 0 Å². The largest absolute Gasteiger partial charge is 0.397 e. The Kier molecular flexibility index (Phi) is 5.02. The summed E-state index contributed by atoms with van der Waals surface area (Å²) in [6.45, 7) is 5.22. The number of nitrogens with two attached hydrogens (primary N) is 1. The number of likely N-dealkylation sites (tertiary alicyclic amines) is 1. The average molecular weight is 263 g/mol. The first-order chi connectivity index (χ1) is 9.22. The summed E-state index contributed by atoms with van der Waals surface area (Å²) in [6.07, 6.45) is 8.46. The van der Waals surface area contributed by atoms with Crippen LogP contribution in [0.15, 0.2) is 11.0 Å². The molecule has 0 aliphatic carbocycles. The van der Waals surface area contributed by atoms with Gasteiger partial charge in [-0.2, -0.15) is 0 Å². The van der Waals surface area contributed by atoms with Crippen molar-refractivity contribution >= 4 is 5.69 Å². The van der Waals surface area contributed by atoms with Gasteiger partial charge in [0.2, 0.25) is 0 Å². The lowest BCUT2D eigenvalue weighted by atomic mass is 10.0. The van der Waals surface area contributed by atoms with Crippen molar-refractivity contribution in [2.45, 2.75) is 52.0 Å². The molecule has 0 bridgehead atoms. The van der Waals surface area contributed by atoms with Crippen molar-refractivity contribution < 1.29 is 0 Å². The van der Waals surface area contributed by atoms with Crippen LogP contribution in [0.1, 0.15) is 50.2 Å². The van der Waals surface area contributed by atoms with Gasteiger partial charge in [0.15, 0.2) is 0 Å². The number of H-pyrrole nitrogens is 1. The van der Waals surface area contributed by atoms with Gasteiger partial charge < -0.3 is 10.7 Å². The van der Waals surface area contributed by atoms with Gasteiger partial charge in [0, 0.05) is 18.3 Å². The van der Waals surface area contributed by atoms with Gasteiger partial charge in [-0.3, -0.25) is 9.69 Å². The quantitative estimate of drug-likeness (QED) is 0.856. The molecule has 0 aromatic carbocycles. The number of rotatable bonds is 5. The zero-order valence-electron chi connectivity index (χ0n) is 11.9. The fourth-order valence-electron chi connectivity index (χ4n) is 2.77. The summed E-state index contributed by atoms with van der Waals surface area (Å²) in [6, 6.07) is 0.